The van der Waals surface area contributed by atoms with Crippen molar-refractivity contribution in [3.63, 3.8) is 0 Å². The summed E-state index contributed by atoms with van der Waals surface area (Å²) in [6.45, 7) is 1.38. The van der Waals surface area contributed by atoms with Crippen LogP contribution in [-0.2, 0) is 10.0 Å². The Bertz CT molecular complexity index is 1150. The molecule has 8 heteroatoms. The number of aromatic amines is 1. The van der Waals surface area contributed by atoms with Gasteiger partial charge in [-0.1, -0.05) is 27.5 Å². The molecule has 1 N–H and O–H groups in total. The van der Waals surface area contributed by atoms with E-state index in [2.05, 4.69) is 25.3 Å². The predicted octanol–water partition coefficient (Wildman–Crippen LogP) is 4.08. The Morgan fingerprint density at radius 1 is 1.12 bits per heavy atom. The van der Waals surface area contributed by atoms with Gasteiger partial charge in [-0.3, -0.25) is 4.79 Å². The summed E-state index contributed by atoms with van der Waals surface area (Å²) in [5.74, 6) is -0.237. The lowest BCUT2D eigenvalue weighted by Crippen LogP contribution is -2.13. The number of halogens is 2. The number of pyridine rings is 1. The van der Waals surface area contributed by atoms with Gasteiger partial charge < -0.3 is 4.98 Å². The fourth-order valence-corrected chi connectivity index (χ4v) is 3.72. The molecular weight excluding hydrogens is 428 g/mol. The minimum atomic E-state index is -3.93. The molecule has 0 aliphatic carbocycles. The molecule has 1 aromatic heterocycles. The second-order valence-corrected chi connectivity index (χ2v) is 8.29. The number of rotatable bonds is 3. The number of H-pyrrole nitrogens is 1. The van der Waals surface area contributed by atoms with Crippen molar-refractivity contribution in [3.05, 3.63) is 69.1 Å². The van der Waals surface area contributed by atoms with Crippen molar-refractivity contribution in [2.24, 2.45) is 4.40 Å². The Labute approximate surface area is 157 Å². The largest absolute Gasteiger partial charge is 0.352 e. The van der Waals surface area contributed by atoms with Gasteiger partial charge in [0.1, 0.15) is 0 Å². The summed E-state index contributed by atoms with van der Waals surface area (Å²) in [6.07, 6.45) is 0. The van der Waals surface area contributed by atoms with E-state index in [-0.39, 0.29) is 21.7 Å². The van der Waals surface area contributed by atoms with Crippen molar-refractivity contribution >= 4 is 54.2 Å². The molecule has 0 fully saturated rings. The summed E-state index contributed by atoms with van der Waals surface area (Å²) >= 11 is 9.25. The van der Waals surface area contributed by atoms with Gasteiger partial charge >= 0.3 is 0 Å². The zero-order valence-corrected chi connectivity index (χ0v) is 16.1. The number of ketones is 1. The molecule has 0 radical (unpaired) electrons. The number of carbonyl (C=O) groups is 1. The van der Waals surface area contributed by atoms with Gasteiger partial charge in [0.25, 0.3) is 10.0 Å². The maximum Gasteiger partial charge on any atom is 0.282 e. The normalized spacial score (nSPS) is 12.5. The van der Waals surface area contributed by atoms with Gasteiger partial charge in [0.05, 0.1) is 15.9 Å². The first-order valence-corrected chi connectivity index (χ1v) is 9.77. The van der Waals surface area contributed by atoms with Gasteiger partial charge in [0.15, 0.2) is 5.78 Å². The van der Waals surface area contributed by atoms with Crippen molar-refractivity contribution in [1.29, 1.82) is 0 Å². The third-order valence-electron chi connectivity index (χ3n) is 3.52. The van der Waals surface area contributed by atoms with Gasteiger partial charge in [-0.15, -0.1) is 0 Å². The Hall–Kier alpha value is -1.96. The fourth-order valence-electron chi connectivity index (χ4n) is 2.29. The molecule has 0 bridgehead atoms. The van der Waals surface area contributed by atoms with Crippen LogP contribution in [0, 0.1) is 0 Å². The van der Waals surface area contributed by atoms with Crippen LogP contribution in [0.1, 0.15) is 17.4 Å². The molecule has 0 saturated carbocycles. The van der Waals surface area contributed by atoms with E-state index in [0.717, 1.165) is 4.47 Å². The van der Waals surface area contributed by atoms with Gasteiger partial charge in [-0.05, 0) is 48.5 Å². The second-order valence-electron chi connectivity index (χ2n) is 5.33. The van der Waals surface area contributed by atoms with Crippen LogP contribution in [-0.4, -0.2) is 19.2 Å². The van der Waals surface area contributed by atoms with E-state index < -0.39 is 10.0 Å². The third-order valence-corrected chi connectivity index (χ3v) is 5.59. The lowest BCUT2D eigenvalue weighted by atomic mass is 10.1. The van der Waals surface area contributed by atoms with Crippen molar-refractivity contribution in [1.82, 2.24) is 4.98 Å². The molecule has 0 aliphatic heterocycles. The van der Waals surface area contributed by atoms with E-state index in [1.165, 1.54) is 25.1 Å². The van der Waals surface area contributed by atoms with Gasteiger partial charge in [-0.25, -0.2) is 0 Å². The monoisotopic (exact) mass is 438 g/mol. The van der Waals surface area contributed by atoms with E-state index in [0.29, 0.717) is 15.9 Å². The number of nitrogens with one attached hydrogen (secondary N) is 1. The first-order chi connectivity index (χ1) is 11.8. The van der Waals surface area contributed by atoms with Crippen LogP contribution in [0.5, 0.6) is 0 Å². The molecule has 3 aromatic rings. The molecule has 1 heterocycles. The van der Waals surface area contributed by atoms with Crippen LogP contribution in [0.3, 0.4) is 0 Å². The van der Waals surface area contributed by atoms with Crippen LogP contribution >= 0.6 is 27.5 Å². The van der Waals surface area contributed by atoms with E-state index >= 15 is 0 Å². The summed E-state index contributed by atoms with van der Waals surface area (Å²) < 4.78 is 29.9. The molecule has 128 valence electrons. The van der Waals surface area contributed by atoms with Crippen molar-refractivity contribution in [2.45, 2.75) is 11.8 Å². The molecule has 0 atom stereocenters. The number of hydrogen-bond donors (Lipinski definition) is 1. The van der Waals surface area contributed by atoms with E-state index in [9.17, 15) is 13.2 Å². The maximum absolute atomic E-state index is 12.6. The molecule has 0 saturated heterocycles. The van der Waals surface area contributed by atoms with Gasteiger partial charge in [0, 0.05) is 27.3 Å². The first kappa shape index (κ1) is 17.8. The van der Waals surface area contributed by atoms with Crippen LogP contribution < -0.4 is 5.36 Å². The average Bonchev–Trinajstić information content (AvgIpc) is 2.54. The summed E-state index contributed by atoms with van der Waals surface area (Å²) in [7, 11) is -3.93. The lowest BCUT2D eigenvalue weighted by Gasteiger charge is -2.05. The van der Waals surface area contributed by atoms with E-state index in [1.807, 2.05) is 0 Å². The molecule has 2 aromatic carbocycles. The summed E-state index contributed by atoms with van der Waals surface area (Å²) in [6, 6.07) is 12.5. The van der Waals surface area contributed by atoms with Crippen LogP contribution in [0.4, 0.5) is 0 Å². The summed E-state index contributed by atoms with van der Waals surface area (Å²) in [5.41, 5.74) is 0.782. The van der Waals surface area contributed by atoms with E-state index in [1.54, 1.807) is 30.3 Å². The zero-order chi connectivity index (χ0) is 18.2. The number of Topliss-reactive ketones (excluding diaryl/α,β-unsaturated/α-hetero) is 1. The maximum atomic E-state index is 12.6. The molecule has 0 amide bonds. The molecule has 3 rings (SSSR count). The van der Waals surface area contributed by atoms with Gasteiger partial charge in [0.2, 0.25) is 0 Å². The highest BCUT2D eigenvalue weighted by Gasteiger charge is 2.13. The Balaban J connectivity index is 2.31. The summed E-state index contributed by atoms with van der Waals surface area (Å²) in [5, 5.41) is 1.19. The van der Waals surface area contributed by atoms with Gasteiger partial charge in [-0.2, -0.15) is 12.8 Å². The second kappa shape index (κ2) is 6.74. The minimum absolute atomic E-state index is 0.0648. The SMILES string of the molecule is CC(=O)c1cc(=NS(=O)(=O)c2ccc(Br)cc2)c2ccc(Cl)cc2[nH]1. The predicted molar refractivity (Wildman–Crippen MR) is 100 cm³/mol. The molecule has 5 nitrogen and oxygen atoms in total. The fraction of sp³-hybridized carbons (Fsp3) is 0.0588. The molecule has 0 aliphatic rings. The number of carbonyl (C=O) groups excluding carboxylic acids is 1. The zero-order valence-electron chi connectivity index (χ0n) is 13.0. The van der Waals surface area contributed by atoms with Crippen molar-refractivity contribution in [2.75, 3.05) is 0 Å². The van der Waals surface area contributed by atoms with Crippen molar-refractivity contribution in [3.8, 4) is 0 Å². The van der Waals surface area contributed by atoms with Crippen LogP contribution in [0.15, 0.2) is 62.3 Å². The third kappa shape index (κ3) is 3.84. The highest BCUT2D eigenvalue weighted by molar-refractivity contribution is 9.10. The standard InChI is InChI=1S/C17H12BrClN2O3S/c1-10(22)15-9-17(14-7-4-12(19)8-16(14)20-15)21-25(23,24)13-5-2-11(18)3-6-13/h2-9H,1H3,(H,20,21). The lowest BCUT2D eigenvalue weighted by molar-refractivity contribution is 0.101. The number of hydrogen-bond acceptors (Lipinski definition) is 3. The Morgan fingerprint density at radius 2 is 1.80 bits per heavy atom. The van der Waals surface area contributed by atoms with Crippen LogP contribution in [0.25, 0.3) is 10.9 Å². The first-order valence-electron chi connectivity index (χ1n) is 7.16. The summed E-state index contributed by atoms with van der Waals surface area (Å²) in [4.78, 5) is 14.7. The highest BCUT2D eigenvalue weighted by Crippen LogP contribution is 2.18. The Morgan fingerprint density at radius 3 is 2.44 bits per heavy atom. The number of nitrogens with zero attached hydrogens (tertiary/aromatic N) is 1. The molecule has 0 spiro atoms. The van der Waals surface area contributed by atoms with Crippen molar-refractivity contribution < 1.29 is 13.2 Å². The van der Waals surface area contributed by atoms with Crippen LogP contribution in [0.2, 0.25) is 5.02 Å². The van der Waals surface area contributed by atoms with E-state index in [4.69, 9.17) is 11.6 Å². The smallest absolute Gasteiger partial charge is 0.282 e. The number of benzene rings is 2. The topological polar surface area (TPSA) is 79.4 Å². The number of fused-ring (bicyclic) bond motifs is 1. The minimum Gasteiger partial charge on any atom is -0.352 e. The molecule has 0 unspecified atom stereocenters. The Kier molecular flexibility index (Phi) is 4.81. The number of aromatic nitrogens is 1. The quantitative estimate of drug-likeness (QED) is 0.625. The number of sulfonamides is 1. The average molecular weight is 440 g/mol. The molecule has 25 heavy (non-hydrogen) atoms. The molecular formula is C17H12BrClN2O3S. The highest BCUT2D eigenvalue weighted by atomic mass is 79.9.